The second kappa shape index (κ2) is 8.17. The van der Waals surface area contributed by atoms with Crippen molar-refractivity contribution in [1.82, 2.24) is 10.2 Å². The van der Waals surface area contributed by atoms with Crippen LogP contribution in [0.1, 0.15) is 22.0 Å². The van der Waals surface area contributed by atoms with E-state index in [-0.39, 0.29) is 18.7 Å². The second-order valence-corrected chi connectivity index (χ2v) is 6.93. The van der Waals surface area contributed by atoms with Crippen LogP contribution in [0.4, 0.5) is 0 Å². The number of halogens is 1. The van der Waals surface area contributed by atoms with Crippen molar-refractivity contribution in [2.75, 3.05) is 39.6 Å². The Morgan fingerprint density at radius 2 is 1.81 bits per heavy atom. The highest BCUT2D eigenvalue weighted by atomic mass is 35.5. The van der Waals surface area contributed by atoms with Crippen LogP contribution in [0.3, 0.4) is 0 Å². The van der Waals surface area contributed by atoms with Crippen LogP contribution in [-0.2, 0) is 4.74 Å². The average molecular weight is 389 g/mol. The summed E-state index contributed by atoms with van der Waals surface area (Å²) in [5.74, 6) is 1.38. The fourth-order valence-corrected chi connectivity index (χ4v) is 3.49. The lowest BCUT2D eigenvalue weighted by molar-refractivity contribution is 0.0162. The Balaban J connectivity index is 1.51. The third-order valence-corrected chi connectivity index (χ3v) is 5.08. The lowest BCUT2D eigenvalue weighted by Gasteiger charge is -2.35. The number of ether oxygens (including phenoxy) is 3. The molecule has 4 rings (SSSR count). The van der Waals surface area contributed by atoms with Gasteiger partial charge in [0.15, 0.2) is 11.5 Å². The molecule has 27 heavy (non-hydrogen) atoms. The molecule has 2 aromatic carbocycles. The van der Waals surface area contributed by atoms with Gasteiger partial charge < -0.3 is 19.5 Å². The molecule has 0 radical (unpaired) electrons. The Labute approximate surface area is 163 Å². The summed E-state index contributed by atoms with van der Waals surface area (Å²) < 4.78 is 16.4. The van der Waals surface area contributed by atoms with Gasteiger partial charge in [-0.15, -0.1) is 0 Å². The molecule has 7 heteroatoms. The van der Waals surface area contributed by atoms with E-state index in [1.165, 1.54) is 0 Å². The summed E-state index contributed by atoms with van der Waals surface area (Å²) >= 11 is 5.90. The van der Waals surface area contributed by atoms with Gasteiger partial charge in [-0.1, -0.05) is 17.7 Å². The lowest BCUT2D eigenvalue weighted by Crippen LogP contribution is -2.43. The van der Waals surface area contributed by atoms with Crippen molar-refractivity contribution in [1.29, 1.82) is 0 Å². The largest absolute Gasteiger partial charge is 0.454 e. The lowest BCUT2D eigenvalue weighted by atomic mass is 10.0. The molecule has 1 atom stereocenters. The molecule has 1 N–H and O–H groups in total. The number of hydrogen-bond acceptors (Lipinski definition) is 5. The SMILES string of the molecule is O=C(NC[C@@H](c1ccc2c(c1)OCO2)N1CCOCC1)c1ccc(Cl)cc1. The molecular formula is C20H21ClN2O4. The number of hydrogen-bond donors (Lipinski definition) is 1. The van der Waals surface area contributed by atoms with Crippen molar-refractivity contribution in [3.05, 3.63) is 58.6 Å². The van der Waals surface area contributed by atoms with Crippen molar-refractivity contribution >= 4 is 17.5 Å². The molecule has 6 nitrogen and oxygen atoms in total. The molecule has 2 aliphatic rings. The first-order valence-corrected chi connectivity index (χ1v) is 9.33. The van der Waals surface area contributed by atoms with E-state index in [1.54, 1.807) is 24.3 Å². The number of nitrogens with zero attached hydrogens (tertiary/aromatic N) is 1. The fourth-order valence-electron chi connectivity index (χ4n) is 3.36. The number of carbonyl (C=O) groups is 1. The van der Waals surface area contributed by atoms with Gasteiger partial charge in [0.05, 0.1) is 19.3 Å². The molecule has 1 fully saturated rings. The molecule has 2 aliphatic heterocycles. The van der Waals surface area contributed by atoms with Crippen LogP contribution in [0.25, 0.3) is 0 Å². The first-order chi connectivity index (χ1) is 13.2. The van der Waals surface area contributed by atoms with Gasteiger partial charge in [-0.2, -0.15) is 0 Å². The van der Waals surface area contributed by atoms with Crippen LogP contribution >= 0.6 is 11.6 Å². The average Bonchev–Trinajstić information content (AvgIpc) is 3.17. The molecule has 0 saturated carbocycles. The zero-order valence-corrected chi connectivity index (χ0v) is 15.6. The van der Waals surface area contributed by atoms with Gasteiger partial charge in [0.25, 0.3) is 5.91 Å². The molecule has 2 heterocycles. The van der Waals surface area contributed by atoms with E-state index >= 15 is 0 Å². The molecule has 0 unspecified atom stereocenters. The topological polar surface area (TPSA) is 60.0 Å². The first-order valence-electron chi connectivity index (χ1n) is 8.96. The minimum absolute atomic E-state index is 0.0275. The summed E-state index contributed by atoms with van der Waals surface area (Å²) in [6.45, 7) is 3.74. The minimum atomic E-state index is -0.120. The normalized spacial score (nSPS) is 17.5. The standard InChI is InChI=1S/C20H21ClN2O4/c21-16-4-1-14(2-5-16)20(24)22-12-17(23-7-9-25-10-8-23)15-3-6-18-19(11-15)27-13-26-18/h1-6,11,17H,7-10,12-13H2,(H,22,24)/t17-/m0/s1. The molecule has 0 spiro atoms. The van der Waals surface area contributed by atoms with Gasteiger partial charge in [0.1, 0.15) is 0 Å². The van der Waals surface area contributed by atoms with Gasteiger partial charge in [-0.25, -0.2) is 0 Å². The molecule has 2 aromatic rings. The van der Waals surface area contributed by atoms with Gasteiger partial charge in [-0.05, 0) is 42.0 Å². The smallest absolute Gasteiger partial charge is 0.251 e. The maximum atomic E-state index is 12.5. The van der Waals surface area contributed by atoms with Crippen molar-refractivity contribution in [2.45, 2.75) is 6.04 Å². The summed E-state index contributed by atoms with van der Waals surface area (Å²) in [6, 6.07) is 12.9. The van der Waals surface area contributed by atoms with Crippen LogP contribution in [0.15, 0.2) is 42.5 Å². The second-order valence-electron chi connectivity index (χ2n) is 6.49. The Hall–Kier alpha value is -2.28. The minimum Gasteiger partial charge on any atom is -0.454 e. The Bertz CT molecular complexity index is 806. The number of fused-ring (bicyclic) bond motifs is 1. The number of rotatable bonds is 5. The summed E-state index contributed by atoms with van der Waals surface area (Å²) in [6.07, 6.45) is 0. The summed E-state index contributed by atoms with van der Waals surface area (Å²) in [7, 11) is 0. The van der Waals surface area contributed by atoms with Crippen molar-refractivity contribution in [3.63, 3.8) is 0 Å². The highest BCUT2D eigenvalue weighted by Crippen LogP contribution is 2.35. The van der Waals surface area contributed by atoms with Crippen LogP contribution in [0, 0.1) is 0 Å². The third-order valence-electron chi connectivity index (χ3n) is 4.83. The molecular weight excluding hydrogens is 368 g/mol. The first kappa shape index (κ1) is 18.1. The van der Waals surface area contributed by atoms with Crippen LogP contribution < -0.4 is 14.8 Å². The molecule has 0 aliphatic carbocycles. The molecule has 0 bridgehead atoms. The Kier molecular flexibility index (Phi) is 5.48. The van der Waals surface area contributed by atoms with Gasteiger partial charge in [-0.3, -0.25) is 9.69 Å². The molecule has 142 valence electrons. The quantitative estimate of drug-likeness (QED) is 0.853. The zero-order chi connectivity index (χ0) is 18.6. The molecule has 1 amide bonds. The molecule has 0 aromatic heterocycles. The van der Waals surface area contributed by atoms with Gasteiger partial charge >= 0.3 is 0 Å². The Morgan fingerprint density at radius 1 is 1.07 bits per heavy atom. The van der Waals surface area contributed by atoms with E-state index in [1.807, 2.05) is 18.2 Å². The van der Waals surface area contributed by atoms with E-state index < -0.39 is 0 Å². The number of nitrogens with one attached hydrogen (secondary N) is 1. The fraction of sp³-hybridized carbons (Fsp3) is 0.350. The molecule has 1 saturated heterocycles. The van der Waals surface area contributed by atoms with Crippen LogP contribution in [-0.4, -0.2) is 50.4 Å². The Morgan fingerprint density at radius 3 is 2.59 bits per heavy atom. The summed E-state index contributed by atoms with van der Waals surface area (Å²) in [5.41, 5.74) is 1.67. The highest BCUT2D eigenvalue weighted by molar-refractivity contribution is 6.30. The van der Waals surface area contributed by atoms with E-state index in [2.05, 4.69) is 10.2 Å². The monoisotopic (exact) mass is 388 g/mol. The zero-order valence-electron chi connectivity index (χ0n) is 14.8. The van der Waals surface area contributed by atoms with Gasteiger partial charge in [0.2, 0.25) is 6.79 Å². The van der Waals surface area contributed by atoms with Crippen LogP contribution in [0.5, 0.6) is 11.5 Å². The van der Waals surface area contributed by atoms with Crippen molar-refractivity contribution < 1.29 is 19.0 Å². The number of carbonyl (C=O) groups excluding carboxylic acids is 1. The van der Waals surface area contributed by atoms with E-state index in [0.29, 0.717) is 30.3 Å². The van der Waals surface area contributed by atoms with Gasteiger partial charge in [0, 0.05) is 30.2 Å². The number of amides is 1. The van der Waals surface area contributed by atoms with E-state index in [0.717, 1.165) is 30.2 Å². The maximum absolute atomic E-state index is 12.5. The summed E-state index contributed by atoms with van der Waals surface area (Å²) in [4.78, 5) is 14.8. The predicted molar refractivity (Wildman–Crippen MR) is 101 cm³/mol. The summed E-state index contributed by atoms with van der Waals surface area (Å²) in [5, 5.41) is 3.65. The maximum Gasteiger partial charge on any atom is 0.251 e. The highest BCUT2D eigenvalue weighted by Gasteiger charge is 2.25. The van der Waals surface area contributed by atoms with Crippen molar-refractivity contribution in [2.24, 2.45) is 0 Å². The van der Waals surface area contributed by atoms with Crippen molar-refractivity contribution in [3.8, 4) is 11.5 Å². The van der Waals surface area contributed by atoms with E-state index in [4.69, 9.17) is 25.8 Å². The number of benzene rings is 2. The van der Waals surface area contributed by atoms with E-state index in [9.17, 15) is 4.79 Å². The number of morpholine rings is 1. The van der Waals surface area contributed by atoms with Crippen LogP contribution in [0.2, 0.25) is 5.02 Å². The predicted octanol–water partition coefficient (Wildman–Crippen LogP) is 2.87. The third kappa shape index (κ3) is 4.18.